The lowest BCUT2D eigenvalue weighted by molar-refractivity contribution is 0.0732. The number of nitrogens with one attached hydrogen (secondary N) is 1. The summed E-state index contributed by atoms with van der Waals surface area (Å²) in [5.41, 5.74) is 4.01. The van der Waals surface area contributed by atoms with Gasteiger partial charge in [0.05, 0.1) is 22.6 Å². The van der Waals surface area contributed by atoms with E-state index in [1.807, 2.05) is 40.7 Å². The van der Waals surface area contributed by atoms with Crippen LogP contribution in [0.3, 0.4) is 0 Å². The van der Waals surface area contributed by atoms with Gasteiger partial charge >= 0.3 is 0 Å². The van der Waals surface area contributed by atoms with Gasteiger partial charge < -0.3 is 10.2 Å². The second kappa shape index (κ2) is 7.98. The molecule has 0 unspecified atom stereocenters. The second-order valence-corrected chi connectivity index (χ2v) is 9.50. The van der Waals surface area contributed by atoms with Gasteiger partial charge in [-0.25, -0.2) is 9.97 Å². The average Bonchev–Trinajstić information content (AvgIpc) is 3.77. The molecule has 0 aliphatic heterocycles. The Balaban J connectivity index is 1.30. The maximum absolute atomic E-state index is 13.0. The van der Waals surface area contributed by atoms with Gasteiger partial charge in [-0.1, -0.05) is 12.1 Å². The highest BCUT2D eigenvalue weighted by Crippen LogP contribution is 2.32. The molecular weight excluding hydrogens is 418 g/mol. The zero-order chi connectivity index (χ0) is 21.5. The minimum absolute atomic E-state index is 0.105. The fourth-order valence-corrected chi connectivity index (χ4v) is 4.66. The van der Waals surface area contributed by atoms with Gasteiger partial charge in [-0.05, 0) is 72.5 Å². The van der Waals surface area contributed by atoms with Gasteiger partial charge in [-0.15, -0.1) is 11.3 Å². The highest BCUT2D eigenvalue weighted by Gasteiger charge is 2.33. The number of carbonyl (C=O) groups is 1. The van der Waals surface area contributed by atoms with Crippen LogP contribution in [0.1, 0.15) is 41.0 Å². The number of aromatic nitrogens is 3. The van der Waals surface area contributed by atoms with E-state index in [1.54, 1.807) is 6.33 Å². The maximum atomic E-state index is 13.0. The first-order valence-corrected chi connectivity index (χ1v) is 11.9. The predicted octanol–water partition coefficient (Wildman–Crippen LogP) is 5.13. The molecule has 6 rings (SSSR count). The summed E-state index contributed by atoms with van der Waals surface area (Å²) in [5.74, 6) is 1.00. The molecule has 3 heterocycles. The summed E-state index contributed by atoms with van der Waals surface area (Å²) in [4.78, 5) is 29.3. The van der Waals surface area contributed by atoms with Crippen molar-refractivity contribution in [1.82, 2.24) is 19.9 Å². The van der Waals surface area contributed by atoms with Crippen LogP contribution in [0, 0.1) is 0 Å². The molecule has 160 valence electrons. The summed E-state index contributed by atoms with van der Waals surface area (Å²) in [6.07, 6.45) is 7.98. The Morgan fingerprint density at radius 3 is 2.69 bits per heavy atom. The molecule has 6 nitrogen and oxygen atoms in total. The molecule has 1 aromatic carbocycles. The number of amides is 1. The standard InChI is InChI=1S/C25H23N5OS/c31-25(23-2-1-11-32-23)30(20-6-7-20)14-19-12-17(9-10-26-19)16-3-8-22-21(13-16)24(28-15-27-22)29-18-4-5-18/h1-3,8-13,15,18,20H,4-7,14H2,(H,27,28,29). The number of pyridine rings is 1. The summed E-state index contributed by atoms with van der Waals surface area (Å²) in [7, 11) is 0. The number of nitrogens with zero attached hydrogens (tertiary/aromatic N) is 4. The van der Waals surface area contributed by atoms with Gasteiger partial charge in [-0.3, -0.25) is 9.78 Å². The molecule has 0 radical (unpaired) electrons. The third-order valence-electron chi connectivity index (χ3n) is 6.02. The van der Waals surface area contributed by atoms with Crippen LogP contribution in [0.2, 0.25) is 0 Å². The van der Waals surface area contributed by atoms with Crippen molar-refractivity contribution < 1.29 is 4.79 Å². The third-order valence-corrected chi connectivity index (χ3v) is 6.87. The Kier molecular flexibility index (Phi) is 4.83. The predicted molar refractivity (Wildman–Crippen MR) is 127 cm³/mol. The SMILES string of the molecule is O=C(c1cccs1)N(Cc1cc(-c2ccc3ncnc(NC4CC4)c3c2)ccn1)C1CC1. The number of thiophene rings is 1. The number of anilines is 1. The van der Waals surface area contributed by atoms with Gasteiger partial charge in [0.25, 0.3) is 5.91 Å². The first-order chi connectivity index (χ1) is 15.7. The third kappa shape index (κ3) is 3.96. The monoisotopic (exact) mass is 441 g/mol. The van der Waals surface area contributed by atoms with E-state index in [2.05, 4.69) is 38.5 Å². The van der Waals surface area contributed by atoms with Crippen molar-refractivity contribution in [2.24, 2.45) is 0 Å². The van der Waals surface area contributed by atoms with Crippen molar-refractivity contribution >= 4 is 34.0 Å². The van der Waals surface area contributed by atoms with E-state index in [0.717, 1.165) is 51.3 Å². The topological polar surface area (TPSA) is 71.0 Å². The fraction of sp³-hybridized carbons (Fsp3) is 0.280. The van der Waals surface area contributed by atoms with Crippen LogP contribution in [-0.2, 0) is 6.54 Å². The molecule has 1 N–H and O–H groups in total. The van der Waals surface area contributed by atoms with E-state index in [1.165, 1.54) is 24.2 Å². The zero-order valence-electron chi connectivity index (χ0n) is 17.6. The van der Waals surface area contributed by atoms with Crippen molar-refractivity contribution in [3.63, 3.8) is 0 Å². The molecular formula is C25H23N5OS. The quantitative estimate of drug-likeness (QED) is 0.430. The molecule has 2 saturated carbocycles. The van der Waals surface area contributed by atoms with Gasteiger partial charge in [0.1, 0.15) is 12.1 Å². The van der Waals surface area contributed by atoms with Crippen molar-refractivity contribution in [3.8, 4) is 11.1 Å². The Hall–Kier alpha value is -3.32. The molecule has 2 aliphatic carbocycles. The molecule has 0 spiro atoms. The molecule has 2 aliphatic rings. The molecule has 0 atom stereocenters. The van der Waals surface area contributed by atoms with E-state index in [0.29, 0.717) is 18.6 Å². The minimum atomic E-state index is 0.105. The summed E-state index contributed by atoms with van der Waals surface area (Å²) < 4.78 is 0. The number of carbonyl (C=O) groups excluding carboxylic acids is 1. The maximum Gasteiger partial charge on any atom is 0.264 e. The van der Waals surface area contributed by atoms with Crippen LogP contribution < -0.4 is 5.32 Å². The van der Waals surface area contributed by atoms with E-state index >= 15 is 0 Å². The number of fused-ring (bicyclic) bond motifs is 1. The highest BCUT2D eigenvalue weighted by molar-refractivity contribution is 7.12. The number of rotatable bonds is 7. The van der Waals surface area contributed by atoms with Gasteiger partial charge in [0, 0.05) is 23.7 Å². The molecule has 0 bridgehead atoms. The molecule has 4 aromatic rings. The Bertz CT molecular complexity index is 1280. The van der Waals surface area contributed by atoms with Crippen molar-refractivity contribution in [2.45, 2.75) is 44.3 Å². The Labute approximate surface area is 190 Å². The van der Waals surface area contributed by atoms with E-state index < -0.39 is 0 Å². The lowest BCUT2D eigenvalue weighted by Crippen LogP contribution is -2.32. The summed E-state index contributed by atoms with van der Waals surface area (Å²) >= 11 is 1.50. The zero-order valence-corrected chi connectivity index (χ0v) is 18.4. The van der Waals surface area contributed by atoms with Crippen LogP contribution in [0.4, 0.5) is 5.82 Å². The average molecular weight is 442 g/mol. The second-order valence-electron chi connectivity index (χ2n) is 8.55. The van der Waals surface area contributed by atoms with Crippen LogP contribution >= 0.6 is 11.3 Å². The van der Waals surface area contributed by atoms with Crippen LogP contribution in [0.5, 0.6) is 0 Å². The summed E-state index contributed by atoms with van der Waals surface area (Å²) in [6.45, 7) is 0.528. The normalized spacial score (nSPS) is 15.6. The molecule has 3 aromatic heterocycles. The number of benzene rings is 1. The van der Waals surface area contributed by atoms with Gasteiger partial charge in [0.2, 0.25) is 0 Å². The van der Waals surface area contributed by atoms with Crippen LogP contribution in [0.25, 0.3) is 22.0 Å². The Morgan fingerprint density at radius 2 is 1.91 bits per heavy atom. The largest absolute Gasteiger partial charge is 0.367 e. The van der Waals surface area contributed by atoms with Crippen LogP contribution in [0.15, 0.2) is 60.4 Å². The lowest BCUT2D eigenvalue weighted by Gasteiger charge is -2.21. The Morgan fingerprint density at radius 1 is 1.03 bits per heavy atom. The van der Waals surface area contributed by atoms with Crippen LogP contribution in [-0.4, -0.2) is 37.8 Å². The molecule has 32 heavy (non-hydrogen) atoms. The highest BCUT2D eigenvalue weighted by atomic mass is 32.1. The summed E-state index contributed by atoms with van der Waals surface area (Å²) in [5, 5.41) is 6.50. The van der Waals surface area contributed by atoms with E-state index in [-0.39, 0.29) is 5.91 Å². The first kappa shape index (κ1) is 19.4. The van der Waals surface area contributed by atoms with Crippen molar-refractivity contribution in [3.05, 3.63) is 70.9 Å². The van der Waals surface area contributed by atoms with E-state index in [9.17, 15) is 4.79 Å². The number of hydrogen-bond acceptors (Lipinski definition) is 6. The van der Waals surface area contributed by atoms with Gasteiger partial charge in [0.15, 0.2) is 0 Å². The number of hydrogen-bond donors (Lipinski definition) is 1. The minimum Gasteiger partial charge on any atom is -0.367 e. The fourth-order valence-electron chi connectivity index (χ4n) is 3.99. The first-order valence-electron chi connectivity index (χ1n) is 11.1. The van der Waals surface area contributed by atoms with E-state index in [4.69, 9.17) is 0 Å². The van der Waals surface area contributed by atoms with Crippen molar-refractivity contribution in [1.29, 1.82) is 0 Å². The van der Waals surface area contributed by atoms with Crippen molar-refractivity contribution in [2.75, 3.05) is 5.32 Å². The molecule has 0 saturated heterocycles. The molecule has 1 amide bonds. The molecule has 2 fully saturated rings. The lowest BCUT2D eigenvalue weighted by atomic mass is 10.0. The molecule has 7 heteroatoms. The summed E-state index contributed by atoms with van der Waals surface area (Å²) in [6, 6.07) is 15.1. The van der Waals surface area contributed by atoms with Gasteiger partial charge in [-0.2, -0.15) is 0 Å². The smallest absolute Gasteiger partial charge is 0.264 e.